The summed E-state index contributed by atoms with van der Waals surface area (Å²) < 4.78 is 0. The monoisotopic (exact) mass is 302 g/mol. The Balaban J connectivity index is 1.67. The van der Waals surface area contributed by atoms with Crippen LogP contribution in [0.25, 0.3) is 0 Å². The maximum absolute atomic E-state index is 12.0. The molecule has 1 aliphatic rings. The van der Waals surface area contributed by atoms with E-state index in [2.05, 4.69) is 31.8 Å². The predicted octanol–water partition coefficient (Wildman–Crippen LogP) is 0.976. The van der Waals surface area contributed by atoms with Crippen molar-refractivity contribution in [1.82, 2.24) is 24.8 Å². The average molecular weight is 302 g/mol. The van der Waals surface area contributed by atoms with E-state index in [0.29, 0.717) is 6.54 Å². The Labute approximate surface area is 129 Å². The highest BCUT2D eigenvalue weighted by Crippen LogP contribution is 2.16. The number of nitrogens with zero attached hydrogens (tertiary/aromatic N) is 3. The number of aromatic amines is 2. The van der Waals surface area contributed by atoms with E-state index < -0.39 is 0 Å². The van der Waals surface area contributed by atoms with E-state index in [4.69, 9.17) is 5.73 Å². The molecule has 0 amide bonds. The smallest absolute Gasteiger partial charge is 0.257 e. The number of hydrogen-bond donors (Lipinski definition) is 3. The van der Waals surface area contributed by atoms with E-state index in [9.17, 15) is 4.79 Å². The van der Waals surface area contributed by atoms with E-state index in [1.807, 2.05) is 6.20 Å². The SMILES string of the molecule is CCCCc1ncc(CN2CCc3nc(N)[nH]c(=O)c3C2)[nH]1. The molecular weight excluding hydrogens is 280 g/mol. The van der Waals surface area contributed by atoms with Gasteiger partial charge in [0.15, 0.2) is 0 Å². The summed E-state index contributed by atoms with van der Waals surface area (Å²) in [5.74, 6) is 1.24. The van der Waals surface area contributed by atoms with Crippen LogP contribution in [0.3, 0.4) is 0 Å². The maximum Gasteiger partial charge on any atom is 0.257 e. The van der Waals surface area contributed by atoms with Crippen molar-refractivity contribution in [3.8, 4) is 0 Å². The largest absolute Gasteiger partial charge is 0.369 e. The first-order valence-corrected chi connectivity index (χ1v) is 7.78. The fourth-order valence-electron chi connectivity index (χ4n) is 2.83. The number of hydrogen-bond acceptors (Lipinski definition) is 5. The van der Waals surface area contributed by atoms with Gasteiger partial charge >= 0.3 is 0 Å². The van der Waals surface area contributed by atoms with Crippen LogP contribution >= 0.6 is 0 Å². The number of imidazole rings is 1. The fraction of sp³-hybridized carbons (Fsp3) is 0.533. The second-order valence-electron chi connectivity index (χ2n) is 5.80. The third-order valence-electron chi connectivity index (χ3n) is 4.01. The zero-order valence-corrected chi connectivity index (χ0v) is 12.9. The maximum atomic E-state index is 12.0. The number of aryl methyl sites for hydroxylation is 1. The van der Waals surface area contributed by atoms with Gasteiger partial charge in [0.05, 0.1) is 11.3 Å². The summed E-state index contributed by atoms with van der Waals surface area (Å²) in [5, 5.41) is 0. The first kappa shape index (κ1) is 14.8. The molecule has 4 N–H and O–H groups in total. The van der Waals surface area contributed by atoms with Gasteiger partial charge in [-0.2, -0.15) is 0 Å². The first-order valence-electron chi connectivity index (χ1n) is 7.78. The molecule has 0 atom stereocenters. The number of nitrogens with one attached hydrogen (secondary N) is 2. The van der Waals surface area contributed by atoms with Crippen LogP contribution in [0, 0.1) is 0 Å². The normalized spacial score (nSPS) is 15.0. The number of unbranched alkanes of at least 4 members (excludes halogenated alkanes) is 1. The van der Waals surface area contributed by atoms with Crippen molar-refractivity contribution in [3.63, 3.8) is 0 Å². The van der Waals surface area contributed by atoms with Gasteiger partial charge in [-0.15, -0.1) is 0 Å². The van der Waals surface area contributed by atoms with Crippen molar-refractivity contribution >= 4 is 5.95 Å². The second-order valence-corrected chi connectivity index (χ2v) is 5.80. The molecule has 0 aliphatic carbocycles. The van der Waals surface area contributed by atoms with Crippen LogP contribution < -0.4 is 11.3 Å². The minimum Gasteiger partial charge on any atom is -0.369 e. The number of rotatable bonds is 5. The molecule has 0 spiro atoms. The number of nitrogens with two attached hydrogens (primary N) is 1. The molecular formula is C15H22N6O. The molecule has 7 heteroatoms. The van der Waals surface area contributed by atoms with E-state index in [0.717, 1.165) is 61.5 Å². The third kappa shape index (κ3) is 3.19. The Hall–Kier alpha value is -2.15. The lowest BCUT2D eigenvalue weighted by atomic mass is 10.1. The second kappa shape index (κ2) is 6.31. The molecule has 0 saturated carbocycles. The first-order chi connectivity index (χ1) is 10.7. The van der Waals surface area contributed by atoms with Crippen molar-refractivity contribution in [1.29, 1.82) is 0 Å². The lowest BCUT2D eigenvalue weighted by Gasteiger charge is -2.26. The zero-order chi connectivity index (χ0) is 15.5. The Morgan fingerprint density at radius 2 is 2.27 bits per heavy atom. The molecule has 0 fully saturated rings. The third-order valence-corrected chi connectivity index (χ3v) is 4.01. The molecule has 0 radical (unpaired) electrons. The van der Waals surface area contributed by atoms with Gasteiger partial charge < -0.3 is 10.7 Å². The summed E-state index contributed by atoms with van der Waals surface area (Å²) in [6.45, 7) is 4.41. The predicted molar refractivity (Wildman–Crippen MR) is 84.3 cm³/mol. The van der Waals surface area contributed by atoms with Crippen molar-refractivity contribution in [2.24, 2.45) is 0 Å². The molecule has 118 valence electrons. The minimum atomic E-state index is -0.125. The summed E-state index contributed by atoms with van der Waals surface area (Å²) in [6, 6.07) is 0. The van der Waals surface area contributed by atoms with Gasteiger partial charge in [-0.1, -0.05) is 13.3 Å². The van der Waals surface area contributed by atoms with Crippen molar-refractivity contribution in [2.45, 2.75) is 45.7 Å². The molecule has 0 saturated heterocycles. The van der Waals surface area contributed by atoms with E-state index in [-0.39, 0.29) is 11.5 Å². The van der Waals surface area contributed by atoms with Crippen LogP contribution in [-0.2, 0) is 25.9 Å². The average Bonchev–Trinajstić information content (AvgIpc) is 2.93. The molecule has 2 aromatic rings. The van der Waals surface area contributed by atoms with Gasteiger partial charge in [0.2, 0.25) is 5.95 Å². The summed E-state index contributed by atoms with van der Waals surface area (Å²) in [4.78, 5) is 28.8. The van der Waals surface area contributed by atoms with Gasteiger partial charge in [-0.05, 0) is 6.42 Å². The minimum absolute atomic E-state index is 0.125. The van der Waals surface area contributed by atoms with Gasteiger partial charge in [-0.25, -0.2) is 9.97 Å². The van der Waals surface area contributed by atoms with Crippen LogP contribution in [0.1, 0.15) is 42.5 Å². The molecule has 22 heavy (non-hydrogen) atoms. The van der Waals surface area contributed by atoms with Crippen LogP contribution in [0.5, 0.6) is 0 Å². The molecule has 1 aliphatic heterocycles. The molecule has 0 aromatic carbocycles. The molecule has 3 rings (SSSR count). The fourth-order valence-corrected chi connectivity index (χ4v) is 2.83. The highest BCUT2D eigenvalue weighted by atomic mass is 16.1. The van der Waals surface area contributed by atoms with Crippen LogP contribution in [-0.4, -0.2) is 31.4 Å². The quantitative estimate of drug-likeness (QED) is 0.763. The highest BCUT2D eigenvalue weighted by Gasteiger charge is 2.21. The zero-order valence-electron chi connectivity index (χ0n) is 12.9. The Morgan fingerprint density at radius 3 is 3.09 bits per heavy atom. The lowest BCUT2D eigenvalue weighted by molar-refractivity contribution is 0.239. The van der Waals surface area contributed by atoms with Crippen molar-refractivity contribution in [3.05, 3.63) is 39.3 Å². The van der Waals surface area contributed by atoms with Gasteiger partial charge in [0.25, 0.3) is 5.56 Å². The van der Waals surface area contributed by atoms with Crippen LogP contribution in [0.4, 0.5) is 5.95 Å². The summed E-state index contributed by atoms with van der Waals surface area (Å²) in [6.07, 6.45) is 5.94. The van der Waals surface area contributed by atoms with E-state index in [1.165, 1.54) is 0 Å². The topological polar surface area (TPSA) is 104 Å². The number of H-pyrrole nitrogens is 2. The van der Waals surface area contributed by atoms with Gasteiger partial charge in [0.1, 0.15) is 5.82 Å². The molecule has 0 bridgehead atoms. The van der Waals surface area contributed by atoms with Crippen molar-refractivity contribution < 1.29 is 0 Å². The highest BCUT2D eigenvalue weighted by molar-refractivity contribution is 5.27. The summed E-state index contributed by atoms with van der Waals surface area (Å²) in [5.41, 5.74) is 8.11. The Bertz CT molecular complexity index is 704. The van der Waals surface area contributed by atoms with E-state index >= 15 is 0 Å². The molecule has 2 aromatic heterocycles. The summed E-state index contributed by atoms with van der Waals surface area (Å²) in [7, 11) is 0. The number of anilines is 1. The Kier molecular flexibility index (Phi) is 4.24. The molecule has 3 heterocycles. The number of nitrogen functional groups attached to an aromatic ring is 1. The number of aromatic nitrogens is 4. The van der Waals surface area contributed by atoms with Gasteiger partial charge in [-0.3, -0.25) is 14.7 Å². The lowest BCUT2D eigenvalue weighted by Crippen LogP contribution is -2.35. The van der Waals surface area contributed by atoms with Crippen LogP contribution in [0.2, 0.25) is 0 Å². The van der Waals surface area contributed by atoms with Crippen LogP contribution in [0.15, 0.2) is 11.0 Å². The molecule has 0 unspecified atom stereocenters. The van der Waals surface area contributed by atoms with Gasteiger partial charge in [0, 0.05) is 44.4 Å². The molecule has 7 nitrogen and oxygen atoms in total. The number of fused-ring (bicyclic) bond motifs is 1. The Morgan fingerprint density at radius 1 is 1.41 bits per heavy atom. The van der Waals surface area contributed by atoms with Crippen molar-refractivity contribution in [2.75, 3.05) is 12.3 Å². The van der Waals surface area contributed by atoms with E-state index in [1.54, 1.807) is 0 Å². The standard InChI is InChI=1S/C15H22N6O/c1-2-3-4-13-17-7-10(18-13)8-21-6-5-12-11(9-21)14(22)20-15(16)19-12/h7H,2-6,8-9H2,1H3,(H,17,18)(H3,16,19,20,22). The summed E-state index contributed by atoms with van der Waals surface area (Å²) >= 11 is 0.